The molecule has 7 nitrogen and oxygen atoms in total. The summed E-state index contributed by atoms with van der Waals surface area (Å²) in [6.45, 7) is 1.49. The average Bonchev–Trinajstić information content (AvgIpc) is 3.28. The van der Waals surface area contributed by atoms with Crippen LogP contribution < -0.4 is 15.5 Å². The van der Waals surface area contributed by atoms with Gasteiger partial charge in [0, 0.05) is 38.4 Å². The first-order chi connectivity index (χ1) is 16.3. The maximum Gasteiger partial charge on any atom is 0.416 e. The smallest absolute Gasteiger partial charge is 0.363 e. The summed E-state index contributed by atoms with van der Waals surface area (Å²) >= 11 is 0. The summed E-state index contributed by atoms with van der Waals surface area (Å²) in [7, 11) is 3.92. The number of nitrogens with one attached hydrogen (secondary N) is 3. The van der Waals surface area contributed by atoms with Crippen molar-refractivity contribution in [2.75, 3.05) is 30.9 Å². The number of halogens is 3. The Labute approximate surface area is 197 Å². The summed E-state index contributed by atoms with van der Waals surface area (Å²) in [5, 5.41) is 14.0. The van der Waals surface area contributed by atoms with Gasteiger partial charge in [0.25, 0.3) is 0 Å². The van der Waals surface area contributed by atoms with E-state index in [1.54, 1.807) is 12.4 Å². The molecule has 0 atom stereocenters. The summed E-state index contributed by atoms with van der Waals surface area (Å²) in [6, 6.07) is 7.41. The molecule has 1 aliphatic carbocycles. The largest absolute Gasteiger partial charge is 0.416 e. The van der Waals surface area contributed by atoms with Gasteiger partial charge in [-0.2, -0.15) is 23.3 Å². The number of alkyl halides is 3. The fourth-order valence-corrected chi connectivity index (χ4v) is 4.29. The van der Waals surface area contributed by atoms with Crippen LogP contribution in [0.15, 0.2) is 42.7 Å². The number of aromatic nitrogens is 4. The minimum Gasteiger partial charge on any atom is -0.363 e. The summed E-state index contributed by atoms with van der Waals surface area (Å²) < 4.78 is 38.5. The van der Waals surface area contributed by atoms with Gasteiger partial charge < -0.3 is 15.5 Å². The van der Waals surface area contributed by atoms with Gasteiger partial charge in [-0.15, -0.1) is 0 Å². The molecule has 3 N–H and O–H groups in total. The molecule has 34 heavy (non-hydrogen) atoms. The Morgan fingerprint density at radius 3 is 2.47 bits per heavy atom. The fourth-order valence-electron chi connectivity index (χ4n) is 4.29. The van der Waals surface area contributed by atoms with Crippen LogP contribution in [-0.2, 0) is 12.7 Å². The van der Waals surface area contributed by atoms with Crippen molar-refractivity contribution in [1.29, 1.82) is 0 Å². The first kappa shape index (κ1) is 24.0. The van der Waals surface area contributed by atoms with Crippen LogP contribution in [0.3, 0.4) is 0 Å². The molecule has 4 rings (SSSR count). The molecule has 1 fully saturated rings. The van der Waals surface area contributed by atoms with Gasteiger partial charge in [0.2, 0.25) is 5.95 Å². The summed E-state index contributed by atoms with van der Waals surface area (Å²) in [4.78, 5) is 10.8. The second kappa shape index (κ2) is 10.4. The Hall–Kier alpha value is -3.14. The maximum absolute atomic E-state index is 12.8. The number of rotatable bonds is 8. The van der Waals surface area contributed by atoms with E-state index in [-0.39, 0.29) is 0 Å². The van der Waals surface area contributed by atoms with E-state index in [0.29, 0.717) is 30.0 Å². The fraction of sp³-hybridized carbons (Fsp3) is 0.458. The molecular formula is C24H30F3N7. The molecule has 1 saturated carbocycles. The van der Waals surface area contributed by atoms with E-state index < -0.39 is 11.7 Å². The van der Waals surface area contributed by atoms with Crippen LogP contribution in [0.1, 0.15) is 36.8 Å². The van der Waals surface area contributed by atoms with E-state index >= 15 is 0 Å². The molecule has 0 bridgehead atoms. The van der Waals surface area contributed by atoms with E-state index in [4.69, 9.17) is 0 Å². The van der Waals surface area contributed by atoms with Gasteiger partial charge in [-0.25, -0.2) is 4.98 Å². The minimum atomic E-state index is -4.34. The van der Waals surface area contributed by atoms with Crippen LogP contribution in [0.5, 0.6) is 0 Å². The van der Waals surface area contributed by atoms with E-state index in [1.165, 1.54) is 12.1 Å². The molecule has 1 aromatic carbocycles. The van der Waals surface area contributed by atoms with Gasteiger partial charge in [-0.1, -0.05) is 12.1 Å². The third kappa shape index (κ3) is 6.05. The van der Waals surface area contributed by atoms with Crippen LogP contribution >= 0.6 is 0 Å². The molecule has 10 heteroatoms. The number of nitrogens with zero attached hydrogens (tertiary/aromatic N) is 4. The molecule has 1 aliphatic rings. The summed E-state index contributed by atoms with van der Waals surface area (Å²) in [6.07, 6.45) is 3.49. The number of hydrogen-bond donors (Lipinski definition) is 3. The van der Waals surface area contributed by atoms with Crippen molar-refractivity contribution in [3.63, 3.8) is 0 Å². The molecule has 0 aliphatic heterocycles. The van der Waals surface area contributed by atoms with Crippen molar-refractivity contribution >= 4 is 11.8 Å². The summed E-state index contributed by atoms with van der Waals surface area (Å²) in [5.74, 6) is 2.13. The first-order valence-electron chi connectivity index (χ1n) is 11.5. The summed E-state index contributed by atoms with van der Waals surface area (Å²) in [5.41, 5.74) is 1.72. The normalized spacial score (nSPS) is 18.6. The number of hydrogen-bond acceptors (Lipinski definition) is 6. The first-order valence-corrected chi connectivity index (χ1v) is 11.5. The van der Waals surface area contributed by atoms with E-state index in [2.05, 4.69) is 30.8 Å². The van der Waals surface area contributed by atoms with Gasteiger partial charge in [0.15, 0.2) is 0 Å². The predicted octanol–water partition coefficient (Wildman–Crippen LogP) is 4.71. The third-order valence-corrected chi connectivity index (χ3v) is 6.25. The van der Waals surface area contributed by atoms with Crippen LogP contribution in [-0.4, -0.2) is 46.8 Å². The van der Waals surface area contributed by atoms with Crippen molar-refractivity contribution in [3.05, 3.63) is 53.9 Å². The highest BCUT2D eigenvalue weighted by molar-refractivity contribution is 5.63. The predicted molar refractivity (Wildman–Crippen MR) is 126 cm³/mol. The van der Waals surface area contributed by atoms with Crippen molar-refractivity contribution in [1.82, 2.24) is 25.5 Å². The standard InChI is InChI=1S/C24H30F3N7/c1-34(2)21-11-12-29-23(32-21)31-20-9-3-16(4-10-20)13-28-14-18-15-30-33-22(18)17-5-7-19(8-6-17)24(25,26)27/h5-8,11-12,15-16,20,28H,3-4,9-10,13-14H2,1-2H3,(H,30,33)(H,29,31,32). The van der Waals surface area contributed by atoms with Crippen LogP contribution in [0.25, 0.3) is 11.3 Å². The second-order valence-electron chi connectivity index (χ2n) is 8.97. The van der Waals surface area contributed by atoms with Crippen LogP contribution in [0.4, 0.5) is 24.9 Å². The average molecular weight is 474 g/mol. The Morgan fingerprint density at radius 2 is 1.79 bits per heavy atom. The molecular weight excluding hydrogens is 443 g/mol. The highest BCUT2D eigenvalue weighted by Gasteiger charge is 2.30. The zero-order valence-electron chi connectivity index (χ0n) is 19.4. The van der Waals surface area contributed by atoms with E-state index in [9.17, 15) is 13.2 Å². The molecule has 0 radical (unpaired) electrons. The number of benzene rings is 1. The lowest BCUT2D eigenvalue weighted by atomic mass is 9.86. The molecule has 0 unspecified atom stereocenters. The highest BCUT2D eigenvalue weighted by Crippen LogP contribution is 2.31. The number of aromatic amines is 1. The van der Waals surface area contributed by atoms with Gasteiger partial charge in [-0.05, 0) is 61.9 Å². The SMILES string of the molecule is CN(C)c1ccnc(NC2CCC(CNCc3cn[nH]c3-c3ccc(C(F)(F)F)cc3)CC2)n1. The topological polar surface area (TPSA) is 81.8 Å². The zero-order valence-corrected chi connectivity index (χ0v) is 19.4. The number of H-pyrrole nitrogens is 1. The molecule has 0 saturated heterocycles. The zero-order chi connectivity index (χ0) is 24.1. The lowest BCUT2D eigenvalue weighted by molar-refractivity contribution is -0.137. The molecule has 2 aromatic heterocycles. The van der Waals surface area contributed by atoms with Crippen LogP contribution in [0, 0.1) is 5.92 Å². The van der Waals surface area contributed by atoms with Crippen molar-refractivity contribution < 1.29 is 13.2 Å². The molecule has 0 amide bonds. The lowest BCUT2D eigenvalue weighted by Crippen LogP contribution is -2.31. The maximum atomic E-state index is 12.8. The monoisotopic (exact) mass is 473 g/mol. The van der Waals surface area contributed by atoms with E-state index in [1.807, 2.05) is 25.1 Å². The molecule has 2 heterocycles. The van der Waals surface area contributed by atoms with Gasteiger partial charge in [0.05, 0.1) is 17.5 Å². The Bertz CT molecular complexity index is 1050. The van der Waals surface area contributed by atoms with Gasteiger partial charge in [-0.3, -0.25) is 5.10 Å². The second-order valence-corrected chi connectivity index (χ2v) is 8.97. The Morgan fingerprint density at radius 1 is 1.06 bits per heavy atom. The van der Waals surface area contributed by atoms with E-state index in [0.717, 1.165) is 61.4 Å². The third-order valence-electron chi connectivity index (χ3n) is 6.25. The molecule has 182 valence electrons. The van der Waals surface area contributed by atoms with Gasteiger partial charge >= 0.3 is 6.18 Å². The lowest BCUT2D eigenvalue weighted by Gasteiger charge is -2.29. The minimum absolute atomic E-state index is 0.369. The highest BCUT2D eigenvalue weighted by atomic mass is 19.4. The quantitative estimate of drug-likeness (QED) is 0.440. The Balaban J connectivity index is 1.24. The number of anilines is 2. The van der Waals surface area contributed by atoms with Gasteiger partial charge in [0.1, 0.15) is 5.82 Å². The molecule has 0 spiro atoms. The molecule has 3 aromatic rings. The van der Waals surface area contributed by atoms with Crippen molar-refractivity contribution in [2.45, 2.75) is 44.4 Å². The van der Waals surface area contributed by atoms with Crippen LogP contribution in [0.2, 0.25) is 0 Å². The van der Waals surface area contributed by atoms with Crippen molar-refractivity contribution in [2.24, 2.45) is 5.92 Å². The Kier molecular flexibility index (Phi) is 7.35. The van der Waals surface area contributed by atoms with Crippen molar-refractivity contribution in [3.8, 4) is 11.3 Å².